The second kappa shape index (κ2) is 7.51. The van der Waals surface area contributed by atoms with Crippen LogP contribution in [0.4, 0.5) is 0 Å². The first-order valence-electron chi connectivity index (χ1n) is 8.69. The molecule has 1 aromatic heterocycles. The van der Waals surface area contributed by atoms with Crippen molar-refractivity contribution in [2.75, 3.05) is 13.6 Å². The monoisotopic (exact) mass is 326 g/mol. The van der Waals surface area contributed by atoms with Gasteiger partial charge in [-0.3, -0.25) is 4.99 Å². The molecule has 0 saturated heterocycles. The van der Waals surface area contributed by atoms with Gasteiger partial charge in [-0.15, -0.1) is 0 Å². The van der Waals surface area contributed by atoms with Gasteiger partial charge in [0, 0.05) is 19.2 Å². The van der Waals surface area contributed by atoms with Gasteiger partial charge in [-0.05, 0) is 24.7 Å². The Labute approximate surface area is 143 Å². The molecule has 1 heterocycles. The summed E-state index contributed by atoms with van der Waals surface area (Å²) in [7, 11) is 1.79. The van der Waals surface area contributed by atoms with Gasteiger partial charge in [0.15, 0.2) is 11.7 Å². The van der Waals surface area contributed by atoms with Gasteiger partial charge in [-0.1, -0.05) is 43.7 Å². The van der Waals surface area contributed by atoms with Crippen molar-refractivity contribution in [3.63, 3.8) is 0 Å². The Bertz CT molecular complexity index is 668. The molecule has 3 rings (SSSR count). The van der Waals surface area contributed by atoms with Gasteiger partial charge in [0.05, 0.1) is 12.7 Å². The lowest BCUT2D eigenvalue weighted by atomic mass is 9.67. The molecule has 1 aliphatic carbocycles. The van der Waals surface area contributed by atoms with Crippen molar-refractivity contribution in [2.45, 2.75) is 39.2 Å². The standard InChI is InChI=1S/C19H26N4O/c1-3-19(10-7-11-19)14-23-18(20-2)22-13-17-21-12-16(24-17)15-8-5-4-6-9-15/h4-6,8-9,12H,3,7,10-11,13-14H2,1-2H3,(H2,20,22,23). The van der Waals surface area contributed by atoms with E-state index < -0.39 is 0 Å². The van der Waals surface area contributed by atoms with Crippen molar-refractivity contribution in [3.8, 4) is 11.3 Å². The zero-order valence-corrected chi connectivity index (χ0v) is 14.5. The number of benzene rings is 1. The molecule has 5 heteroatoms. The molecular weight excluding hydrogens is 300 g/mol. The molecule has 0 spiro atoms. The van der Waals surface area contributed by atoms with E-state index in [-0.39, 0.29) is 0 Å². The lowest BCUT2D eigenvalue weighted by molar-refractivity contribution is 0.131. The summed E-state index contributed by atoms with van der Waals surface area (Å²) in [6.07, 6.45) is 6.96. The van der Waals surface area contributed by atoms with Crippen molar-refractivity contribution in [1.82, 2.24) is 15.6 Å². The van der Waals surface area contributed by atoms with E-state index >= 15 is 0 Å². The number of rotatable bonds is 6. The molecule has 5 nitrogen and oxygen atoms in total. The highest BCUT2D eigenvalue weighted by atomic mass is 16.4. The van der Waals surface area contributed by atoms with E-state index in [0.29, 0.717) is 17.9 Å². The minimum Gasteiger partial charge on any atom is -0.439 e. The molecule has 0 unspecified atom stereocenters. The van der Waals surface area contributed by atoms with E-state index in [4.69, 9.17) is 4.42 Å². The summed E-state index contributed by atoms with van der Waals surface area (Å²) in [5, 5.41) is 6.72. The molecule has 0 bridgehead atoms. The first kappa shape index (κ1) is 16.6. The van der Waals surface area contributed by atoms with E-state index in [1.54, 1.807) is 13.2 Å². The fourth-order valence-electron chi connectivity index (χ4n) is 3.11. The molecule has 1 saturated carbocycles. The van der Waals surface area contributed by atoms with Gasteiger partial charge in [-0.25, -0.2) is 4.98 Å². The molecule has 24 heavy (non-hydrogen) atoms. The summed E-state index contributed by atoms with van der Waals surface area (Å²) in [4.78, 5) is 8.63. The summed E-state index contributed by atoms with van der Waals surface area (Å²) in [6, 6.07) is 10.0. The third kappa shape index (κ3) is 3.78. The summed E-state index contributed by atoms with van der Waals surface area (Å²) in [6.45, 7) is 3.77. The van der Waals surface area contributed by atoms with E-state index in [9.17, 15) is 0 Å². The molecule has 0 aliphatic heterocycles. The van der Waals surface area contributed by atoms with E-state index in [2.05, 4.69) is 27.5 Å². The summed E-state index contributed by atoms with van der Waals surface area (Å²) in [5.41, 5.74) is 1.50. The zero-order chi connectivity index (χ0) is 16.8. The van der Waals surface area contributed by atoms with Crippen LogP contribution in [0.25, 0.3) is 11.3 Å². The highest BCUT2D eigenvalue weighted by molar-refractivity contribution is 5.79. The van der Waals surface area contributed by atoms with Crippen LogP contribution < -0.4 is 10.6 Å². The lowest BCUT2D eigenvalue weighted by Gasteiger charge is -2.41. The van der Waals surface area contributed by atoms with Gasteiger partial charge in [-0.2, -0.15) is 0 Å². The van der Waals surface area contributed by atoms with Crippen molar-refractivity contribution in [2.24, 2.45) is 10.4 Å². The maximum Gasteiger partial charge on any atom is 0.214 e. The summed E-state index contributed by atoms with van der Waals surface area (Å²) >= 11 is 0. The molecule has 1 aliphatic rings. The molecule has 0 radical (unpaired) electrons. The predicted molar refractivity (Wildman–Crippen MR) is 96.7 cm³/mol. The molecule has 2 N–H and O–H groups in total. The number of oxazole rings is 1. The van der Waals surface area contributed by atoms with Crippen LogP contribution in [0.3, 0.4) is 0 Å². The maximum absolute atomic E-state index is 5.81. The third-order valence-electron chi connectivity index (χ3n) is 5.04. The number of nitrogens with one attached hydrogen (secondary N) is 2. The van der Waals surface area contributed by atoms with Gasteiger partial charge in [0.25, 0.3) is 0 Å². The first-order chi connectivity index (χ1) is 11.7. The van der Waals surface area contributed by atoms with E-state index in [1.165, 1.54) is 25.7 Å². The molecule has 128 valence electrons. The normalized spacial score (nSPS) is 16.5. The second-order valence-corrected chi connectivity index (χ2v) is 6.47. The van der Waals surface area contributed by atoms with Crippen LogP contribution in [0.15, 0.2) is 45.9 Å². The minimum absolute atomic E-state index is 0.459. The summed E-state index contributed by atoms with van der Waals surface area (Å²) < 4.78 is 5.81. The Hall–Kier alpha value is -2.30. The van der Waals surface area contributed by atoms with Gasteiger partial charge < -0.3 is 15.1 Å². The predicted octanol–water partition coefficient (Wildman–Crippen LogP) is 3.59. The highest BCUT2D eigenvalue weighted by Crippen LogP contribution is 2.42. The number of nitrogens with zero attached hydrogens (tertiary/aromatic N) is 2. The van der Waals surface area contributed by atoms with Crippen LogP contribution in [0.5, 0.6) is 0 Å². The Morgan fingerprint density at radius 3 is 2.67 bits per heavy atom. The highest BCUT2D eigenvalue weighted by Gasteiger charge is 2.34. The topological polar surface area (TPSA) is 62.5 Å². The Morgan fingerprint density at radius 2 is 2.04 bits per heavy atom. The van der Waals surface area contributed by atoms with Gasteiger partial charge in [0.1, 0.15) is 0 Å². The molecule has 1 aromatic carbocycles. The largest absolute Gasteiger partial charge is 0.439 e. The van der Waals surface area contributed by atoms with Gasteiger partial charge in [0.2, 0.25) is 5.89 Å². The van der Waals surface area contributed by atoms with Crippen LogP contribution in [-0.2, 0) is 6.54 Å². The maximum atomic E-state index is 5.81. The average Bonchev–Trinajstić information content (AvgIpc) is 3.06. The van der Waals surface area contributed by atoms with Crippen molar-refractivity contribution in [3.05, 3.63) is 42.4 Å². The Balaban J connectivity index is 1.52. The number of guanidine groups is 1. The smallest absolute Gasteiger partial charge is 0.214 e. The van der Waals surface area contributed by atoms with E-state index in [1.807, 2.05) is 30.3 Å². The molecular formula is C19H26N4O. The number of aliphatic imine (C=N–C) groups is 1. The lowest BCUT2D eigenvalue weighted by Crippen LogP contribution is -2.46. The average molecular weight is 326 g/mol. The first-order valence-corrected chi connectivity index (χ1v) is 8.69. The number of aromatic nitrogens is 1. The van der Waals surface area contributed by atoms with Crippen LogP contribution in [-0.4, -0.2) is 24.5 Å². The van der Waals surface area contributed by atoms with Gasteiger partial charge >= 0.3 is 0 Å². The van der Waals surface area contributed by atoms with Crippen LogP contribution >= 0.6 is 0 Å². The zero-order valence-electron chi connectivity index (χ0n) is 14.5. The molecule has 1 fully saturated rings. The quantitative estimate of drug-likeness (QED) is 0.629. The third-order valence-corrected chi connectivity index (χ3v) is 5.04. The number of hydrogen-bond donors (Lipinski definition) is 2. The molecule has 0 amide bonds. The van der Waals surface area contributed by atoms with Crippen molar-refractivity contribution < 1.29 is 4.42 Å². The van der Waals surface area contributed by atoms with Crippen LogP contribution in [0, 0.1) is 5.41 Å². The fourth-order valence-corrected chi connectivity index (χ4v) is 3.11. The molecule has 0 atom stereocenters. The van der Waals surface area contributed by atoms with E-state index in [0.717, 1.165) is 23.8 Å². The summed E-state index contributed by atoms with van der Waals surface area (Å²) in [5.74, 6) is 2.24. The number of hydrogen-bond acceptors (Lipinski definition) is 3. The van der Waals surface area contributed by atoms with Crippen molar-refractivity contribution >= 4 is 5.96 Å². The van der Waals surface area contributed by atoms with Crippen LogP contribution in [0.1, 0.15) is 38.5 Å². The SMILES string of the molecule is CCC1(CNC(=NC)NCc2ncc(-c3ccccc3)o2)CCC1. The Morgan fingerprint density at radius 1 is 1.25 bits per heavy atom. The molecule has 2 aromatic rings. The fraction of sp³-hybridized carbons (Fsp3) is 0.474. The van der Waals surface area contributed by atoms with Crippen LogP contribution in [0.2, 0.25) is 0 Å². The minimum atomic E-state index is 0.459. The second-order valence-electron chi connectivity index (χ2n) is 6.47. The Kier molecular flexibility index (Phi) is 5.18. The van der Waals surface area contributed by atoms with Crippen molar-refractivity contribution in [1.29, 1.82) is 0 Å².